The lowest BCUT2D eigenvalue weighted by Gasteiger charge is -2.31. The maximum absolute atomic E-state index is 12.6. The number of hydrazine groups is 4. The van der Waals surface area contributed by atoms with Gasteiger partial charge in [0.25, 0.3) is 0 Å². The monoisotopic (exact) mass is 732 g/mol. The smallest absolute Gasteiger partial charge is 0.271 e. The summed E-state index contributed by atoms with van der Waals surface area (Å²) in [6, 6.07) is 24.1. The summed E-state index contributed by atoms with van der Waals surface area (Å²) in [7, 11) is -9.69. The van der Waals surface area contributed by atoms with Crippen LogP contribution in [0.15, 0.2) is 119 Å². The summed E-state index contributed by atoms with van der Waals surface area (Å²) in [4.78, 5) is 8.76. The lowest BCUT2D eigenvalue weighted by Crippen LogP contribution is -2.52. The van der Waals surface area contributed by atoms with Crippen molar-refractivity contribution in [3.05, 3.63) is 109 Å². The topological polar surface area (TPSA) is 195 Å². The zero-order chi connectivity index (χ0) is 34.1. The van der Waals surface area contributed by atoms with Crippen molar-refractivity contribution in [2.24, 2.45) is 9.98 Å². The Morgan fingerprint density at radius 1 is 0.583 bits per heavy atom. The first-order chi connectivity index (χ1) is 22.9. The fourth-order valence-corrected chi connectivity index (χ4v) is 6.93. The number of nitrogens with zero attached hydrogens (tertiary/aromatic N) is 6. The molecule has 250 valence electrons. The normalized spacial score (nSPS) is 17.7. The Hall–Kier alpha value is -4.66. The molecule has 0 aromatic heterocycles. The Balaban J connectivity index is 1.26. The van der Waals surface area contributed by atoms with E-state index < -0.39 is 20.6 Å². The molecule has 20 heteroatoms. The first-order valence-electron chi connectivity index (χ1n) is 13.9. The second-order valence-corrected chi connectivity index (χ2v) is 13.3. The van der Waals surface area contributed by atoms with Crippen molar-refractivity contribution in [2.45, 2.75) is 0 Å². The first-order valence-corrected chi connectivity index (χ1v) is 17.4. The molecule has 2 aliphatic rings. The van der Waals surface area contributed by atoms with Gasteiger partial charge in [0.1, 0.15) is 23.3 Å². The van der Waals surface area contributed by atoms with E-state index in [1.165, 1.54) is 24.3 Å². The van der Waals surface area contributed by atoms with Crippen molar-refractivity contribution >= 4 is 88.8 Å². The summed E-state index contributed by atoms with van der Waals surface area (Å²) >= 11 is 12.3. The van der Waals surface area contributed by atoms with Crippen molar-refractivity contribution in [2.75, 3.05) is 21.7 Å². The second-order valence-electron chi connectivity index (χ2n) is 10.1. The van der Waals surface area contributed by atoms with Crippen molar-refractivity contribution in [3.63, 3.8) is 0 Å². The van der Waals surface area contributed by atoms with Crippen LogP contribution in [0.25, 0.3) is 21.5 Å². The Bertz CT molecular complexity index is 2070. The number of fused-ring (bicyclic) bond motifs is 2. The number of amidine groups is 2. The molecule has 48 heavy (non-hydrogen) atoms. The maximum atomic E-state index is 12.6. The third-order valence-corrected chi connectivity index (χ3v) is 8.98. The molecule has 4 aromatic rings. The van der Waals surface area contributed by atoms with Gasteiger partial charge in [-0.3, -0.25) is 40.8 Å². The molecule has 0 atom stereocenters. The molecule has 0 saturated carbocycles. The molecule has 0 radical (unpaired) electrons. The van der Waals surface area contributed by atoms with Crippen LogP contribution in [0, 0.1) is 0 Å². The van der Waals surface area contributed by atoms with E-state index in [9.17, 15) is 25.9 Å². The highest BCUT2D eigenvalue weighted by molar-refractivity contribution is 7.87. The molecule has 0 bridgehead atoms. The van der Waals surface area contributed by atoms with E-state index in [1.807, 2.05) is 0 Å². The second kappa shape index (κ2) is 13.5. The minimum atomic E-state index is -4.85. The molecule has 4 aromatic carbocycles. The lowest BCUT2D eigenvalue weighted by atomic mass is 10.1. The van der Waals surface area contributed by atoms with Crippen LogP contribution >= 0.6 is 23.6 Å². The highest BCUT2D eigenvalue weighted by Crippen LogP contribution is 2.32. The Kier molecular flexibility index (Phi) is 9.32. The SMILES string of the molecule is O=S(=O)(O)N(C1=CC(=NCCN=C2C=C(N(c3cccc4ccccc34)S(=O)(=O)O)NN(Cl)N2)NN(Cl)N1)c1cccc2ccccc12. The van der Waals surface area contributed by atoms with Gasteiger partial charge in [0.15, 0.2) is 0 Å². The number of hydrogen-bond donors (Lipinski definition) is 6. The van der Waals surface area contributed by atoms with E-state index in [1.54, 1.807) is 72.8 Å². The fraction of sp³-hybridized carbons (Fsp3) is 0.0714. The van der Waals surface area contributed by atoms with Gasteiger partial charge < -0.3 is 0 Å². The summed E-state index contributed by atoms with van der Waals surface area (Å²) in [5.41, 5.74) is 11.0. The van der Waals surface area contributed by atoms with Gasteiger partial charge in [0.2, 0.25) is 0 Å². The van der Waals surface area contributed by atoms with E-state index in [-0.39, 0.29) is 47.8 Å². The van der Waals surface area contributed by atoms with Gasteiger partial charge in [0, 0.05) is 46.5 Å². The Morgan fingerprint density at radius 2 is 0.958 bits per heavy atom. The maximum Gasteiger partial charge on any atom is 0.365 e. The number of halogens is 2. The highest BCUT2D eigenvalue weighted by atomic mass is 35.5. The highest BCUT2D eigenvalue weighted by Gasteiger charge is 2.31. The van der Waals surface area contributed by atoms with Gasteiger partial charge in [-0.2, -0.15) is 25.4 Å². The van der Waals surface area contributed by atoms with Crippen LogP contribution in [0.4, 0.5) is 11.4 Å². The standard InChI is InChI=1S/C28H26Cl2N10O6S2/c29-39-33-25(17-27(35-39)37(47(41,42)43)23-13-5-9-19-7-1-3-11-21(19)23)31-15-16-32-26-18-28(36-40(30)34-26)38(48(44,45)46)24-14-6-10-20-8-2-4-12-22(20)24/h1-14,17-18,35-36H,15-16H2,(H,31,33)(H,32,34)(H,41,42,43)(H,44,45,46). The van der Waals surface area contributed by atoms with Crippen molar-refractivity contribution in [3.8, 4) is 0 Å². The van der Waals surface area contributed by atoms with E-state index in [0.717, 1.165) is 20.0 Å². The summed E-state index contributed by atoms with van der Waals surface area (Å²) < 4.78 is 74.0. The third kappa shape index (κ3) is 7.25. The molecule has 0 unspecified atom stereocenters. The number of benzene rings is 4. The van der Waals surface area contributed by atoms with Gasteiger partial charge in [-0.25, -0.2) is 0 Å². The number of anilines is 2. The van der Waals surface area contributed by atoms with Crippen LogP contribution in [0.1, 0.15) is 0 Å². The largest absolute Gasteiger partial charge is 0.365 e. The summed E-state index contributed by atoms with van der Waals surface area (Å²) in [6.07, 6.45) is 2.66. The predicted octanol–water partition coefficient (Wildman–Crippen LogP) is 3.35. The molecule has 6 N–H and O–H groups in total. The van der Waals surface area contributed by atoms with Crippen LogP contribution in [0.5, 0.6) is 0 Å². The van der Waals surface area contributed by atoms with Crippen molar-refractivity contribution in [1.82, 2.24) is 31.0 Å². The molecular formula is C28H26Cl2N10O6S2. The molecule has 6 rings (SSSR count). The van der Waals surface area contributed by atoms with E-state index in [0.29, 0.717) is 19.4 Å². The minimum Gasteiger partial charge on any atom is -0.271 e. The van der Waals surface area contributed by atoms with E-state index in [4.69, 9.17) is 23.6 Å². The van der Waals surface area contributed by atoms with Crippen molar-refractivity contribution in [1.29, 1.82) is 0 Å². The average Bonchev–Trinajstić information content (AvgIpc) is 3.02. The van der Waals surface area contributed by atoms with Gasteiger partial charge in [-0.1, -0.05) is 72.8 Å². The first kappa shape index (κ1) is 33.2. The Labute approximate surface area is 285 Å². The number of hydrogen-bond acceptors (Lipinski definition) is 10. The number of aliphatic imine (C=N–C) groups is 2. The molecular weight excluding hydrogens is 707 g/mol. The van der Waals surface area contributed by atoms with Gasteiger partial charge in [0.05, 0.1) is 24.5 Å². The van der Waals surface area contributed by atoms with Gasteiger partial charge in [-0.15, -0.1) is 0 Å². The van der Waals surface area contributed by atoms with Crippen LogP contribution < -0.4 is 30.3 Å². The summed E-state index contributed by atoms with van der Waals surface area (Å²) in [5.74, 6) is -0.0156. The average molecular weight is 734 g/mol. The summed E-state index contributed by atoms with van der Waals surface area (Å²) in [5, 5.41) is 2.59. The number of nitrogens with one attached hydrogen (secondary N) is 4. The van der Waals surface area contributed by atoms with Crippen LogP contribution in [-0.2, 0) is 20.6 Å². The third-order valence-electron chi connectivity index (χ3n) is 6.93. The molecule has 16 nitrogen and oxygen atoms in total. The molecule has 2 heterocycles. The molecule has 0 saturated heterocycles. The zero-order valence-corrected chi connectivity index (χ0v) is 27.6. The molecule has 0 amide bonds. The van der Waals surface area contributed by atoms with Crippen molar-refractivity contribution < 1.29 is 25.9 Å². The van der Waals surface area contributed by atoms with Crippen LogP contribution in [-0.4, -0.2) is 60.0 Å². The number of rotatable bonds is 9. The van der Waals surface area contributed by atoms with Gasteiger partial charge in [-0.05, 0) is 32.2 Å². The molecule has 0 fully saturated rings. The Morgan fingerprint density at radius 3 is 1.35 bits per heavy atom. The molecule has 0 aliphatic carbocycles. The van der Waals surface area contributed by atoms with E-state index in [2.05, 4.69) is 31.7 Å². The fourth-order valence-electron chi connectivity index (χ4n) is 5.08. The molecule has 0 spiro atoms. The molecule has 2 aliphatic heterocycles. The summed E-state index contributed by atoms with van der Waals surface area (Å²) in [6.45, 7) is 0.0682. The minimum absolute atomic E-state index is 0.0341. The zero-order valence-electron chi connectivity index (χ0n) is 24.4. The lowest BCUT2D eigenvalue weighted by molar-refractivity contribution is 0.323. The van der Waals surface area contributed by atoms with Crippen LogP contribution in [0.2, 0.25) is 0 Å². The van der Waals surface area contributed by atoms with E-state index >= 15 is 0 Å². The van der Waals surface area contributed by atoms with Gasteiger partial charge >= 0.3 is 20.6 Å². The predicted molar refractivity (Wildman–Crippen MR) is 185 cm³/mol. The quantitative estimate of drug-likeness (QED) is 0.0836. The van der Waals surface area contributed by atoms with Crippen LogP contribution in [0.3, 0.4) is 0 Å².